The lowest BCUT2D eigenvalue weighted by Crippen LogP contribution is -2.38. The van der Waals surface area contributed by atoms with Crippen LogP contribution in [0.1, 0.15) is 46.4 Å². The van der Waals surface area contributed by atoms with E-state index in [-0.39, 0.29) is 54.4 Å². The molecule has 9 heteroatoms. The molecule has 2 aromatic carbocycles. The van der Waals surface area contributed by atoms with Crippen LogP contribution in [-0.2, 0) is 11.3 Å². The summed E-state index contributed by atoms with van der Waals surface area (Å²) in [5.41, 5.74) is 0.690. The number of hydrogen-bond acceptors (Lipinski definition) is 6. The van der Waals surface area contributed by atoms with Crippen molar-refractivity contribution in [3.63, 3.8) is 0 Å². The molecular weight excluding hydrogens is 479 g/mol. The Labute approximate surface area is 213 Å². The third kappa shape index (κ3) is 5.35. The minimum Gasteiger partial charge on any atom is -0.482 e. The lowest BCUT2D eigenvalue weighted by Gasteiger charge is -2.30. The first kappa shape index (κ1) is 24.5. The van der Waals surface area contributed by atoms with Gasteiger partial charge in [0.25, 0.3) is 11.8 Å². The van der Waals surface area contributed by atoms with Gasteiger partial charge in [0.15, 0.2) is 36.3 Å². The molecule has 0 aliphatic carbocycles. The Kier molecular flexibility index (Phi) is 6.94. The molecule has 0 N–H and O–H groups in total. The van der Waals surface area contributed by atoms with Gasteiger partial charge in [-0.15, -0.1) is 0 Å². The molecule has 3 aromatic rings. The first-order valence-corrected chi connectivity index (χ1v) is 12.2. The van der Waals surface area contributed by atoms with Gasteiger partial charge in [0, 0.05) is 18.7 Å². The van der Waals surface area contributed by atoms with E-state index in [4.69, 9.17) is 13.9 Å². The summed E-state index contributed by atoms with van der Waals surface area (Å²) in [6.07, 6.45) is 1.93. The van der Waals surface area contributed by atoms with Crippen molar-refractivity contribution < 1.29 is 32.7 Å². The smallest absolute Gasteiger partial charge is 0.289 e. The highest BCUT2D eigenvalue weighted by molar-refractivity contribution is 6.02. The predicted octanol–water partition coefficient (Wildman–Crippen LogP) is 4.48. The lowest BCUT2D eigenvalue weighted by molar-refractivity contribution is -0.121. The number of ketones is 1. The summed E-state index contributed by atoms with van der Waals surface area (Å²) >= 11 is 0. The maximum absolute atomic E-state index is 13.8. The molecule has 192 valence electrons. The molecule has 0 bridgehead atoms. The normalized spacial score (nSPS) is 15.8. The summed E-state index contributed by atoms with van der Waals surface area (Å²) < 4.78 is 30.5. The number of hydrogen-bond donors (Lipinski definition) is 0. The minimum absolute atomic E-state index is 0.0174. The fraction of sp³-hybridized carbons (Fsp3) is 0.321. The van der Waals surface area contributed by atoms with Crippen molar-refractivity contribution >= 4 is 23.3 Å². The number of amides is 2. The number of rotatable bonds is 7. The third-order valence-corrected chi connectivity index (χ3v) is 6.68. The van der Waals surface area contributed by atoms with Crippen molar-refractivity contribution in [1.82, 2.24) is 4.90 Å². The van der Waals surface area contributed by atoms with Gasteiger partial charge in [-0.1, -0.05) is 19.1 Å². The molecule has 0 radical (unpaired) electrons. The van der Waals surface area contributed by atoms with Crippen LogP contribution in [0.15, 0.2) is 59.0 Å². The van der Waals surface area contributed by atoms with Crippen LogP contribution < -0.4 is 14.4 Å². The van der Waals surface area contributed by atoms with Crippen molar-refractivity contribution in [1.29, 1.82) is 0 Å². The molecular formula is C28H27FN2O6. The van der Waals surface area contributed by atoms with Crippen LogP contribution in [0, 0.1) is 11.7 Å². The predicted molar refractivity (Wildman–Crippen MR) is 132 cm³/mol. The quantitative estimate of drug-likeness (QED) is 0.439. The number of piperidine rings is 1. The zero-order valence-electron chi connectivity index (χ0n) is 20.4. The summed E-state index contributed by atoms with van der Waals surface area (Å²) in [4.78, 5) is 41.6. The van der Waals surface area contributed by atoms with Gasteiger partial charge in [0.05, 0.1) is 12.2 Å². The Bertz CT molecular complexity index is 1330. The maximum Gasteiger partial charge on any atom is 0.289 e. The van der Waals surface area contributed by atoms with Crippen LogP contribution in [0.4, 0.5) is 10.1 Å². The largest absolute Gasteiger partial charge is 0.482 e. The average molecular weight is 507 g/mol. The van der Waals surface area contributed by atoms with Crippen LogP contribution in [0.3, 0.4) is 0 Å². The van der Waals surface area contributed by atoms with Crippen LogP contribution in [0.25, 0.3) is 0 Å². The Morgan fingerprint density at radius 3 is 2.65 bits per heavy atom. The number of carbonyl (C=O) groups is 3. The lowest BCUT2D eigenvalue weighted by atomic mass is 9.99. The molecule has 1 fully saturated rings. The van der Waals surface area contributed by atoms with E-state index in [9.17, 15) is 18.8 Å². The van der Waals surface area contributed by atoms with E-state index in [0.29, 0.717) is 36.2 Å². The van der Waals surface area contributed by atoms with E-state index >= 15 is 0 Å². The molecule has 37 heavy (non-hydrogen) atoms. The van der Waals surface area contributed by atoms with Crippen molar-refractivity contribution in [2.24, 2.45) is 5.92 Å². The maximum atomic E-state index is 13.8. The minimum atomic E-state index is -0.558. The molecule has 1 saturated heterocycles. The number of carbonyl (C=O) groups excluding carboxylic acids is 3. The van der Waals surface area contributed by atoms with Crippen molar-refractivity contribution in [2.45, 2.75) is 26.3 Å². The van der Waals surface area contributed by atoms with Crippen molar-refractivity contribution in [2.75, 3.05) is 31.2 Å². The van der Waals surface area contributed by atoms with Gasteiger partial charge in [-0.05, 0) is 61.2 Å². The standard InChI is InChI=1S/C28H27FN2O6/c1-18-10-12-30(13-11-18)28(34)26-9-7-20(37-26)15-31-22-14-19(6-8-25(22)36-17-27(31)33)23(32)16-35-24-5-3-2-4-21(24)29/h2-9,14,18H,10-13,15-17H2,1H3. The van der Waals surface area contributed by atoms with Gasteiger partial charge < -0.3 is 18.8 Å². The number of para-hydroxylation sites is 1. The van der Waals surface area contributed by atoms with Gasteiger partial charge in [-0.25, -0.2) is 4.39 Å². The molecule has 1 aromatic heterocycles. The van der Waals surface area contributed by atoms with E-state index in [1.54, 1.807) is 41.3 Å². The summed E-state index contributed by atoms with van der Waals surface area (Å²) in [6, 6.07) is 13.9. The highest BCUT2D eigenvalue weighted by atomic mass is 19.1. The average Bonchev–Trinajstić information content (AvgIpc) is 3.38. The van der Waals surface area contributed by atoms with Crippen LogP contribution in [0.2, 0.25) is 0 Å². The summed E-state index contributed by atoms with van der Waals surface area (Å²) in [5.74, 6) is 0.291. The zero-order chi connectivity index (χ0) is 25.9. The molecule has 5 rings (SSSR count). The second-order valence-corrected chi connectivity index (χ2v) is 9.33. The Balaban J connectivity index is 1.30. The number of fused-ring (bicyclic) bond motifs is 1. The van der Waals surface area contributed by atoms with Gasteiger partial charge in [-0.2, -0.15) is 0 Å². The van der Waals surface area contributed by atoms with E-state index in [2.05, 4.69) is 6.92 Å². The molecule has 0 atom stereocenters. The third-order valence-electron chi connectivity index (χ3n) is 6.68. The Morgan fingerprint density at radius 1 is 1.08 bits per heavy atom. The molecule has 2 aliphatic rings. The summed E-state index contributed by atoms with van der Waals surface area (Å²) in [5, 5.41) is 0. The van der Waals surface area contributed by atoms with Crippen LogP contribution >= 0.6 is 0 Å². The second-order valence-electron chi connectivity index (χ2n) is 9.33. The van der Waals surface area contributed by atoms with E-state index in [1.807, 2.05) is 0 Å². The molecule has 2 aliphatic heterocycles. The van der Waals surface area contributed by atoms with E-state index in [0.717, 1.165) is 12.8 Å². The SMILES string of the molecule is CC1CCN(C(=O)c2ccc(CN3C(=O)COc4ccc(C(=O)COc5ccccc5F)cc43)o2)CC1. The summed E-state index contributed by atoms with van der Waals surface area (Å²) in [7, 11) is 0. The molecule has 2 amide bonds. The highest BCUT2D eigenvalue weighted by Crippen LogP contribution is 2.34. The van der Waals surface area contributed by atoms with Crippen LogP contribution in [0.5, 0.6) is 11.5 Å². The monoisotopic (exact) mass is 506 g/mol. The van der Waals surface area contributed by atoms with E-state index < -0.39 is 5.82 Å². The molecule has 0 unspecified atom stereocenters. The Morgan fingerprint density at radius 2 is 1.86 bits per heavy atom. The highest BCUT2D eigenvalue weighted by Gasteiger charge is 2.29. The van der Waals surface area contributed by atoms with Gasteiger partial charge in [0.1, 0.15) is 11.5 Å². The fourth-order valence-corrected chi connectivity index (χ4v) is 4.44. The first-order chi connectivity index (χ1) is 17.9. The van der Waals surface area contributed by atoms with Crippen LogP contribution in [-0.4, -0.2) is 48.8 Å². The number of anilines is 1. The molecule has 0 saturated carbocycles. The number of benzene rings is 2. The van der Waals surface area contributed by atoms with Crippen molar-refractivity contribution in [3.05, 3.63) is 77.5 Å². The molecule has 8 nitrogen and oxygen atoms in total. The fourth-order valence-electron chi connectivity index (χ4n) is 4.44. The topological polar surface area (TPSA) is 89.3 Å². The van der Waals surface area contributed by atoms with Gasteiger partial charge in [0.2, 0.25) is 0 Å². The van der Waals surface area contributed by atoms with Crippen molar-refractivity contribution in [3.8, 4) is 11.5 Å². The van der Waals surface area contributed by atoms with Gasteiger partial charge in [-0.3, -0.25) is 19.3 Å². The molecule has 3 heterocycles. The summed E-state index contributed by atoms with van der Waals surface area (Å²) in [6.45, 7) is 3.12. The van der Waals surface area contributed by atoms with Gasteiger partial charge >= 0.3 is 0 Å². The number of halogens is 1. The number of ether oxygens (including phenoxy) is 2. The number of nitrogens with zero attached hydrogens (tertiary/aromatic N) is 2. The van der Waals surface area contributed by atoms with E-state index in [1.165, 1.54) is 23.1 Å². The zero-order valence-corrected chi connectivity index (χ0v) is 20.4. The molecule has 0 spiro atoms. The number of furan rings is 1. The number of Topliss-reactive ketones (excluding diaryl/α,β-unsaturated/α-hetero) is 1. The second kappa shape index (κ2) is 10.5. The Hall–Kier alpha value is -4.14. The number of likely N-dealkylation sites (tertiary alicyclic amines) is 1. The first-order valence-electron chi connectivity index (χ1n) is 12.2.